The van der Waals surface area contributed by atoms with Gasteiger partial charge in [-0.05, 0) is 12.5 Å². The maximum absolute atomic E-state index is 5.36. The maximum Gasteiger partial charge on any atom is 0.257 e. The van der Waals surface area contributed by atoms with Crippen LogP contribution in [0.1, 0.15) is 12.5 Å². The molecule has 4 nitrogen and oxygen atoms in total. The molecule has 0 radical (unpaired) electrons. The Bertz CT molecular complexity index is 553. The van der Waals surface area contributed by atoms with E-state index in [9.17, 15) is 0 Å². The number of methoxy groups -OCH3 is 1. The molecule has 1 heterocycles. The molecule has 0 saturated carbocycles. The van der Waals surface area contributed by atoms with E-state index in [1.807, 2.05) is 37.3 Å². The Balaban J connectivity index is 2.19. The Hall–Kier alpha value is -2.36. The zero-order chi connectivity index (χ0) is 13.5. The van der Waals surface area contributed by atoms with Crippen molar-refractivity contribution in [1.29, 1.82) is 0 Å². The van der Waals surface area contributed by atoms with Crippen LogP contribution in [-0.4, -0.2) is 24.9 Å². The van der Waals surface area contributed by atoms with Crippen LogP contribution in [0.4, 0.5) is 5.69 Å². The second-order valence-electron chi connectivity index (χ2n) is 3.80. The summed E-state index contributed by atoms with van der Waals surface area (Å²) in [6.45, 7) is 2.46. The van der Waals surface area contributed by atoms with Crippen LogP contribution in [0.2, 0.25) is 0 Å². The summed E-state index contributed by atoms with van der Waals surface area (Å²) in [7, 11) is 1.59. The first-order valence-electron chi connectivity index (χ1n) is 6.09. The molecule has 4 heteroatoms. The van der Waals surface area contributed by atoms with Crippen molar-refractivity contribution < 1.29 is 9.47 Å². The molecule has 0 bridgehead atoms. The molecule has 0 fully saturated rings. The van der Waals surface area contributed by atoms with Gasteiger partial charge < -0.3 is 9.47 Å². The van der Waals surface area contributed by atoms with E-state index in [0.717, 1.165) is 11.3 Å². The van der Waals surface area contributed by atoms with E-state index in [-0.39, 0.29) is 0 Å². The van der Waals surface area contributed by atoms with Crippen LogP contribution in [0.25, 0.3) is 0 Å². The minimum Gasteiger partial charge on any atom is -0.491 e. The van der Waals surface area contributed by atoms with Gasteiger partial charge in [-0.2, -0.15) is 0 Å². The Labute approximate surface area is 112 Å². The second kappa shape index (κ2) is 6.54. The van der Waals surface area contributed by atoms with E-state index in [4.69, 9.17) is 9.47 Å². The predicted molar refractivity (Wildman–Crippen MR) is 75.7 cm³/mol. The fourth-order valence-electron chi connectivity index (χ4n) is 1.57. The van der Waals surface area contributed by atoms with Gasteiger partial charge >= 0.3 is 0 Å². The van der Waals surface area contributed by atoms with Gasteiger partial charge in [-0.1, -0.05) is 30.3 Å². The van der Waals surface area contributed by atoms with Gasteiger partial charge in [0.2, 0.25) is 0 Å². The van der Waals surface area contributed by atoms with Crippen molar-refractivity contribution in [3.05, 3.63) is 48.2 Å². The minimum atomic E-state index is 0.490. The van der Waals surface area contributed by atoms with E-state index in [0.29, 0.717) is 18.2 Å². The van der Waals surface area contributed by atoms with E-state index < -0.39 is 0 Å². The third kappa shape index (κ3) is 3.55. The molecule has 0 atom stereocenters. The topological polar surface area (TPSA) is 43.7 Å². The van der Waals surface area contributed by atoms with Crippen LogP contribution < -0.4 is 9.47 Å². The molecular formula is C15H16N2O2. The van der Waals surface area contributed by atoms with Crippen LogP contribution >= 0.6 is 0 Å². The second-order valence-corrected chi connectivity index (χ2v) is 3.80. The number of aliphatic imine (C=N–C) groups is 1. The predicted octanol–water partition coefficient (Wildman–Crippen LogP) is 3.24. The first-order valence-corrected chi connectivity index (χ1v) is 6.09. The average molecular weight is 256 g/mol. The van der Waals surface area contributed by atoms with Gasteiger partial charge in [0, 0.05) is 12.3 Å². The van der Waals surface area contributed by atoms with Crippen molar-refractivity contribution in [2.24, 2.45) is 4.99 Å². The fourth-order valence-corrected chi connectivity index (χ4v) is 1.57. The molecule has 1 aromatic heterocycles. The highest BCUT2D eigenvalue weighted by Crippen LogP contribution is 2.28. The summed E-state index contributed by atoms with van der Waals surface area (Å²) in [6.07, 6.45) is 3.45. The highest BCUT2D eigenvalue weighted by molar-refractivity contribution is 5.81. The molecule has 2 rings (SSSR count). The van der Waals surface area contributed by atoms with Crippen LogP contribution in [0.5, 0.6) is 11.6 Å². The van der Waals surface area contributed by atoms with Gasteiger partial charge in [-0.3, -0.25) is 4.99 Å². The molecule has 0 aliphatic heterocycles. The zero-order valence-corrected chi connectivity index (χ0v) is 11.0. The molecule has 0 aliphatic rings. The molecule has 0 aliphatic carbocycles. The molecule has 19 heavy (non-hydrogen) atoms. The lowest BCUT2D eigenvalue weighted by Crippen LogP contribution is -1.97. The highest BCUT2D eigenvalue weighted by Gasteiger charge is 2.05. The number of hydrogen-bond donors (Lipinski definition) is 0. The number of ether oxygens (including phenoxy) is 2. The number of nitrogens with zero attached hydrogens (tertiary/aromatic N) is 2. The normalized spacial score (nSPS) is 10.6. The first kappa shape index (κ1) is 13.1. The van der Waals surface area contributed by atoms with E-state index in [1.165, 1.54) is 0 Å². The average Bonchev–Trinajstić information content (AvgIpc) is 2.47. The lowest BCUT2D eigenvalue weighted by atomic mass is 10.2. The summed E-state index contributed by atoms with van der Waals surface area (Å²) in [6, 6.07) is 11.7. The quantitative estimate of drug-likeness (QED) is 0.771. The van der Waals surface area contributed by atoms with Crippen molar-refractivity contribution in [1.82, 2.24) is 4.98 Å². The van der Waals surface area contributed by atoms with Crippen molar-refractivity contribution in [3.8, 4) is 11.6 Å². The molecule has 0 unspecified atom stereocenters. The van der Waals surface area contributed by atoms with Gasteiger partial charge in [0.15, 0.2) is 5.75 Å². The molecule has 0 N–H and O–H groups in total. The first-order chi connectivity index (χ1) is 9.33. The largest absolute Gasteiger partial charge is 0.491 e. The lowest BCUT2D eigenvalue weighted by Gasteiger charge is -2.07. The minimum absolute atomic E-state index is 0.490. The van der Waals surface area contributed by atoms with E-state index in [2.05, 4.69) is 9.98 Å². The van der Waals surface area contributed by atoms with Crippen molar-refractivity contribution >= 4 is 11.9 Å². The number of rotatable bonds is 5. The summed E-state index contributed by atoms with van der Waals surface area (Å²) in [5.74, 6) is 1.08. The molecule has 0 saturated heterocycles. The maximum atomic E-state index is 5.36. The number of hydrogen-bond acceptors (Lipinski definition) is 4. The molecule has 98 valence electrons. The Morgan fingerprint density at radius 1 is 1.26 bits per heavy atom. The molecule has 0 amide bonds. The van der Waals surface area contributed by atoms with Gasteiger partial charge in [0.25, 0.3) is 5.88 Å². The molecule has 0 spiro atoms. The van der Waals surface area contributed by atoms with Gasteiger partial charge in [-0.15, -0.1) is 0 Å². The zero-order valence-electron chi connectivity index (χ0n) is 11.0. The summed E-state index contributed by atoms with van der Waals surface area (Å²) < 4.78 is 10.6. The van der Waals surface area contributed by atoms with Gasteiger partial charge in [0.1, 0.15) is 0 Å². The van der Waals surface area contributed by atoms with Gasteiger partial charge in [0.05, 0.1) is 25.6 Å². The number of aromatic nitrogens is 1. The summed E-state index contributed by atoms with van der Waals surface area (Å²) in [5.41, 5.74) is 1.76. The van der Waals surface area contributed by atoms with Crippen molar-refractivity contribution in [3.63, 3.8) is 0 Å². The van der Waals surface area contributed by atoms with Crippen LogP contribution in [0.3, 0.4) is 0 Å². The van der Waals surface area contributed by atoms with E-state index in [1.54, 1.807) is 25.6 Å². The van der Waals surface area contributed by atoms with E-state index >= 15 is 0 Å². The van der Waals surface area contributed by atoms with Gasteiger partial charge in [-0.25, -0.2) is 4.98 Å². The molecular weight excluding hydrogens is 240 g/mol. The standard InChI is InChI=1S/C15H16N2O2/c1-3-19-15-14(18-2)9-13(11-17-15)16-10-12-7-5-4-6-8-12/h4-11H,3H2,1-2H3/b16-10+. The number of benzene rings is 1. The van der Waals surface area contributed by atoms with Crippen molar-refractivity contribution in [2.45, 2.75) is 6.92 Å². The molecule has 2 aromatic rings. The van der Waals surface area contributed by atoms with Crippen molar-refractivity contribution in [2.75, 3.05) is 13.7 Å². The monoisotopic (exact) mass is 256 g/mol. The highest BCUT2D eigenvalue weighted by atomic mass is 16.5. The number of pyridine rings is 1. The Morgan fingerprint density at radius 3 is 2.74 bits per heavy atom. The fraction of sp³-hybridized carbons (Fsp3) is 0.200. The lowest BCUT2D eigenvalue weighted by molar-refractivity contribution is 0.298. The summed E-state index contributed by atoms with van der Waals surface area (Å²) >= 11 is 0. The van der Waals surface area contributed by atoms with Crippen LogP contribution in [0.15, 0.2) is 47.6 Å². The smallest absolute Gasteiger partial charge is 0.257 e. The third-order valence-electron chi connectivity index (χ3n) is 2.47. The summed E-state index contributed by atoms with van der Waals surface area (Å²) in [5, 5.41) is 0. The van der Waals surface area contributed by atoms with Crippen LogP contribution in [0, 0.1) is 0 Å². The Kier molecular flexibility index (Phi) is 4.50. The SMILES string of the molecule is CCOc1ncc(/N=C/c2ccccc2)cc1OC. The summed E-state index contributed by atoms with van der Waals surface area (Å²) in [4.78, 5) is 8.55. The third-order valence-corrected chi connectivity index (χ3v) is 2.47. The molecule has 1 aromatic carbocycles. The Morgan fingerprint density at radius 2 is 2.05 bits per heavy atom. The van der Waals surface area contributed by atoms with Crippen LogP contribution in [-0.2, 0) is 0 Å².